The first-order valence-corrected chi connectivity index (χ1v) is 4.42. The van der Waals surface area contributed by atoms with Gasteiger partial charge in [-0.2, -0.15) is 0 Å². The Bertz CT molecular complexity index is 253. The minimum atomic E-state index is 0.267. The second-order valence-electron chi connectivity index (χ2n) is 4.37. The minimum Gasteiger partial charge on any atom is -0.508 e. The van der Waals surface area contributed by atoms with E-state index in [1.807, 2.05) is 6.08 Å². The predicted octanol–water partition coefficient (Wildman–Crippen LogP) is 1.61. The Morgan fingerprint density at radius 3 is 3.08 bits per heavy atom. The number of aliphatic hydroxyl groups is 1. The van der Waals surface area contributed by atoms with Gasteiger partial charge in [0, 0.05) is 18.5 Å². The van der Waals surface area contributed by atoms with Crippen LogP contribution < -0.4 is 5.32 Å². The van der Waals surface area contributed by atoms with Crippen LogP contribution in [-0.4, -0.2) is 17.7 Å². The molecule has 0 radical (unpaired) electrons. The van der Waals surface area contributed by atoms with E-state index in [1.165, 1.54) is 0 Å². The van der Waals surface area contributed by atoms with Crippen LogP contribution >= 0.6 is 0 Å². The third kappa shape index (κ3) is 1.07. The number of allylic oxidation sites excluding steroid dienone is 1. The molecular formula is C10H15NO. The van der Waals surface area contributed by atoms with E-state index >= 15 is 0 Å². The lowest BCUT2D eigenvalue weighted by atomic mass is 9.77. The summed E-state index contributed by atoms with van der Waals surface area (Å²) in [5, 5.41) is 12.8. The van der Waals surface area contributed by atoms with Crippen LogP contribution in [0.5, 0.6) is 0 Å². The Kier molecular flexibility index (Phi) is 1.55. The lowest BCUT2D eigenvalue weighted by Crippen LogP contribution is -2.27. The van der Waals surface area contributed by atoms with Crippen LogP contribution in [0.4, 0.5) is 0 Å². The predicted molar refractivity (Wildman–Crippen MR) is 48.9 cm³/mol. The van der Waals surface area contributed by atoms with Gasteiger partial charge >= 0.3 is 0 Å². The van der Waals surface area contributed by atoms with Crippen LogP contribution in [0.2, 0.25) is 0 Å². The molecule has 2 atom stereocenters. The molecule has 1 fully saturated rings. The molecular weight excluding hydrogens is 150 g/mol. The van der Waals surface area contributed by atoms with E-state index in [2.05, 4.69) is 25.2 Å². The maximum Gasteiger partial charge on any atom is 0.111 e. The number of rotatable bonds is 0. The summed E-state index contributed by atoms with van der Waals surface area (Å²) < 4.78 is 0. The molecule has 0 bridgehead atoms. The third-order valence-corrected chi connectivity index (χ3v) is 2.91. The average Bonchev–Trinajstić information content (AvgIpc) is 2.28. The van der Waals surface area contributed by atoms with Gasteiger partial charge in [-0.25, -0.2) is 0 Å². The van der Waals surface area contributed by atoms with Gasteiger partial charge in [0.05, 0.1) is 0 Å². The zero-order valence-electron chi connectivity index (χ0n) is 7.54. The summed E-state index contributed by atoms with van der Waals surface area (Å²) in [4.78, 5) is 0. The number of hydrogen-bond acceptors (Lipinski definition) is 2. The zero-order valence-corrected chi connectivity index (χ0v) is 7.54. The van der Waals surface area contributed by atoms with Crippen molar-refractivity contribution < 1.29 is 5.11 Å². The van der Waals surface area contributed by atoms with Crippen molar-refractivity contribution >= 4 is 0 Å². The molecule has 0 aromatic carbocycles. The summed E-state index contributed by atoms with van der Waals surface area (Å²) in [6.07, 6.45) is 5.79. The maximum absolute atomic E-state index is 9.33. The first-order valence-electron chi connectivity index (χ1n) is 4.42. The Morgan fingerprint density at radius 1 is 1.58 bits per heavy atom. The molecule has 2 aliphatic rings. The Balaban J connectivity index is 2.29. The van der Waals surface area contributed by atoms with E-state index in [1.54, 1.807) is 6.08 Å². The average molecular weight is 165 g/mol. The SMILES string of the molecule is CC1(C)CNC2C=CC(O)=CC21. The molecule has 2 nitrogen and oxygen atoms in total. The number of nitrogens with one attached hydrogen (secondary N) is 1. The lowest BCUT2D eigenvalue weighted by Gasteiger charge is -2.27. The van der Waals surface area contributed by atoms with Crippen molar-refractivity contribution in [3.63, 3.8) is 0 Å². The molecule has 1 saturated heterocycles. The van der Waals surface area contributed by atoms with Crippen molar-refractivity contribution in [3.8, 4) is 0 Å². The second-order valence-corrected chi connectivity index (χ2v) is 4.37. The first kappa shape index (κ1) is 7.87. The van der Waals surface area contributed by atoms with Crippen molar-refractivity contribution in [2.45, 2.75) is 19.9 Å². The van der Waals surface area contributed by atoms with Crippen molar-refractivity contribution in [2.24, 2.45) is 11.3 Å². The summed E-state index contributed by atoms with van der Waals surface area (Å²) in [6, 6.07) is 0.427. The fourth-order valence-corrected chi connectivity index (χ4v) is 2.07. The van der Waals surface area contributed by atoms with Crippen molar-refractivity contribution in [3.05, 3.63) is 24.0 Å². The summed E-state index contributed by atoms with van der Waals surface area (Å²) in [5.41, 5.74) is 0.267. The highest BCUT2D eigenvalue weighted by atomic mass is 16.3. The standard InChI is InChI=1S/C10H15NO/c1-10(2)6-11-9-4-3-7(12)5-8(9)10/h3-5,8-9,11-12H,6H2,1-2H3. The van der Waals surface area contributed by atoms with E-state index in [-0.39, 0.29) is 5.41 Å². The summed E-state index contributed by atoms with van der Waals surface area (Å²) in [7, 11) is 0. The minimum absolute atomic E-state index is 0.267. The molecule has 0 saturated carbocycles. The zero-order chi connectivity index (χ0) is 8.77. The maximum atomic E-state index is 9.33. The van der Waals surface area contributed by atoms with Gasteiger partial charge in [0.25, 0.3) is 0 Å². The number of fused-ring (bicyclic) bond motifs is 1. The highest BCUT2D eigenvalue weighted by Gasteiger charge is 2.40. The molecule has 0 aromatic rings. The first-order chi connectivity index (χ1) is 5.59. The number of aliphatic hydroxyl groups excluding tert-OH is 1. The van der Waals surface area contributed by atoms with Gasteiger partial charge in [-0.3, -0.25) is 0 Å². The van der Waals surface area contributed by atoms with E-state index < -0.39 is 0 Å². The van der Waals surface area contributed by atoms with Gasteiger partial charge in [-0.1, -0.05) is 19.9 Å². The van der Waals surface area contributed by atoms with E-state index in [4.69, 9.17) is 0 Å². The normalized spacial score (nSPS) is 37.7. The molecule has 0 amide bonds. The molecule has 66 valence electrons. The monoisotopic (exact) mass is 165 g/mol. The molecule has 1 aliphatic heterocycles. The van der Waals surface area contributed by atoms with E-state index in [0.717, 1.165) is 6.54 Å². The molecule has 2 rings (SSSR count). The number of hydrogen-bond donors (Lipinski definition) is 2. The van der Waals surface area contributed by atoms with Gasteiger partial charge in [-0.05, 0) is 17.6 Å². The van der Waals surface area contributed by atoms with E-state index in [0.29, 0.717) is 17.7 Å². The largest absolute Gasteiger partial charge is 0.508 e. The van der Waals surface area contributed by atoms with Gasteiger partial charge in [0.2, 0.25) is 0 Å². The Hall–Kier alpha value is -0.760. The third-order valence-electron chi connectivity index (χ3n) is 2.91. The van der Waals surface area contributed by atoms with Gasteiger partial charge in [-0.15, -0.1) is 0 Å². The molecule has 2 N–H and O–H groups in total. The van der Waals surface area contributed by atoms with Crippen LogP contribution in [0.1, 0.15) is 13.8 Å². The summed E-state index contributed by atoms with van der Waals surface area (Å²) in [6.45, 7) is 5.48. The topological polar surface area (TPSA) is 32.3 Å². The molecule has 1 heterocycles. The highest BCUT2D eigenvalue weighted by Crippen LogP contribution is 2.38. The second kappa shape index (κ2) is 2.36. The van der Waals surface area contributed by atoms with Crippen LogP contribution in [0, 0.1) is 11.3 Å². The highest BCUT2D eigenvalue weighted by molar-refractivity contribution is 5.26. The lowest BCUT2D eigenvalue weighted by molar-refractivity contribution is 0.311. The quantitative estimate of drug-likeness (QED) is 0.571. The molecule has 0 spiro atoms. The van der Waals surface area contributed by atoms with Gasteiger partial charge in [0.15, 0.2) is 0 Å². The Labute approximate surface area is 73.0 Å². The molecule has 2 heteroatoms. The van der Waals surface area contributed by atoms with Gasteiger partial charge < -0.3 is 10.4 Å². The summed E-state index contributed by atoms with van der Waals surface area (Å²) in [5.74, 6) is 0.857. The smallest absolute Gasteiger partial charge is 0.111 e. The fraction of sp³-hybridized carbons (Fsp3) is 0.600. The molecule has 1 aliphatic carbocycles. The molecule has 12 heavy (non-hydrogen) atoms. The van der Waals surface area contributed by atoms with E-state index in [9.17, 15) is 5.11 Å². The summed E-state index contributed by atoms with van der Waals surface area (Å²) >= 11 is 0. The van der Waals surface area contributed by atoms with Crippen LogP contribution in [0.25, 0.3) is 0 Å². The van der Waals surface area contributed by atoms with Crippen molar-refractivity contribution in [1.82, 2.24) is 5.32 Å². The van der Waals surface area contributed by atoms with Crippen LogP contribution in [0.3, 0.4) is 0 Å². The van der Waals surface area contributed by atoms with Crippen LogP contribution in [-0.2, 0) is 0 Å². The fourth-order valence-electron chi connectivity index (χ4n) is 2.07. The van der Waals surface area contributed by atoms with Gasteiger partial charge in [0.1, 0.15) is 5.76 Å². The van der Waals surface area contributed by atoms with Crippen molar-refractivity contribution in [2.75, 3.05) is 6.54 Å². The van der Waals surface area contributed by atoms with Crippen molar-refractivity contribution in [1.29, 1.82) is 0 Å². The van der Waals surface area contributed by atoms with Crippen LogP contribution in [0.15, 0.2) is 24.0 Å². The molecule has 2 unspecified atom stereocenters. The molecule has 0 aromatic heterocycles. The Morgan fingerprint density at radius 2 is 2.33 bits per heavy atom.